The van der Waals surface area contributed by atoms with Crippen LogP contribution in [-0.4, -0.2) is 35.6 Å². The summed E-state index contributed by atoms with van der Waals surface area (Å²) in [7, 11) is 0. The van der Waals surface area contributed by atoms with Crippen LogP contribution in [0.3, 0.4) is 0 Å². The average Bonchev–Trinajstić information content (AvgIpc) is 2.49. The normalized spacial score (nSPS) is 27.2. The number of carbonyl (C=O) groups excluding carboxylic acids is 1. The second-order valence-electron chi connectivity index (χ2n) is 3.44. The standard InChI is InChI=1S/C8H14N2O3/c1-8(3-2-4-10-8)7(13)9-5-6(11)12/h10H,2-5H2,1H3,(H,9,13)(H,11,12). The Morgan fingerprint density at radius 2 is 2.31 bits per heavy atom. The quantitative estimate of drug-likeness (QED) is 0.546. The molecule has 0 bridgehead atoms. The Bertz CT molecular complexity index is 221. The van der Waals surface area contributed by atoms with Crippen LogP contribution in [0.2, 0.25) is 0 Å². The lowest BCUT2D eigenvalue weighted by Crippen LogP contribution is -2.52. The zero-order chi connectivity index (χ0) is 9.90. The minimum Gasteiger partial charge on any atom is -0.480 e. The number of rotatable bonds is 3. The van der Waals surface area contributed by atoms with E-state index in [0.29, 0.717) is 0 Å². The minimum absolute atomic E-state index is 0.229. The fourth-order valence-electron chi connectivity index (χ4n) is 1.44. The smallest absolute Gasteiger partial charge is 0.322 e. The van der Waals surface area contributed by atoms with E-state index in [2.05, 4.69) is 10.6 Å². The largest absolute Gasteiger partial charge is 0.480 e. The summed E-state index contributed by atoms with van der Waals surface area (Å²) in [5, 5.41) is 13.8. The van der Waals surface area contributed by atoms with Gasteiger partial charge in [0.15, 0.2) is 0 Å². The summed E-state index contributed by atoms with van der Waals surface area (Å²) in [6, 6.07) is 0. The van der Waals surface area contributed by atoms with Crippen molar-refractivity contribution >= 4 is 11.9 Å². The summed E-state index contributed by atoms with van der Waals surface area (Å²) in [6.45, 7) is 2.30. The number of hydrogen-bond donors (Lipinski definition) is 3. The van der Waals surface area contributed by atoms with E-state index in [1.54, 1.807) is 6.92 Å². The number of nitrogens with one attached hydrogen (secondary N) is 2. The van der Waals surface area contributed by atoms with Gasteiger partial charge in [-0.05, 0) is 26.3 Å². The van der Waals surface area contributed by atoms with Crippen molar-refractivity contribution in [3.8, 4) is 0 Å². The van der Waals surface area contributed by atoms with E-state index in [4.69, 9.17) is 5.11 Å². The lowest BCUT2D eigenvalue weighted by atomic mass is 9.99. The summed E-state index contributed by atoms with van der Waals surface area (Å²) in [6.07, 6.45) is 1.72. The first-order valence-electron chi connectivity index (χ1n) is 4.30. The van der Waals surface area contributed by atoms with Gasteiger partial charge in [0.25, 0.3) is 0 Å². The first-order chi connectivity index (χ1) is 6.04. The Kier molecular flexibility index (Phi) is 2.87. The van der Waals surface area contributed by atoms with Gasteiger partial charge < -0.3 is 15.7 Å². The van der Waals surface area contributed by atoms with Crippen LogP contribution in [0.25, 0.3) is 0 Å². The first-order valence-corrected chi connectivity index (χ1v) is 4.30. The molecule has 5 nitrogen and oxygen atoms in total. The summed E-state index contributed by atoms with van der Waals surface area (Å²) in [4.78, 5) is 21.6. The molecule has 1 rings (SSSR count). The molecule has 0 saturated carbocycles. The highest BCUT2D eigenvalue weighted by Gasteiger charge is 2.35. The number of aliphatic carboxylic acids is 1. The Hall–Kier alpha value is -1.10. The Morgan fingerprint density at radius 3 is 2.77 bits per heavy atom. The average molecular weight is 186 g/mol. The van der Waals surface area contributed by atoms with Crippen LogP contribution >= 0.6 is 0 Å². The lowest BCUT2D eigenvalue weighted by Gasteiger charge is -2.22. The monoisotopic (exact) mass is 186 g/mol. The molecule has 0 spiro atoms. The molecule has 0 aliphatic carbocycles. The van der Waals surface area contributed by atoms with Crippen LogP contribution in [0.4, 0.5) is 0 Å². The van der Waals surface area contributed by atoms with Gasteiger partial charge in [0.1, 0.15) is 6.54 Å². The molecule has 3 N–H and O–H groups in total. The molecule has 0 aromatic carbocycles. The summed E-state index contributed by atoms with van der Waals surface area (Å²) in [5.74, 6) is -1.25. The lowest BCUT2D eigenvalue weighted by molar-refractivity contribution is -0.138. The zero-order valence-electron chi connectivity index (χ0n) is 7.59. The topological polar surface area (TPSA) is 78.4 Å². The SMILES string of the molecule is CC1(C(=O)NCC(=O)O)CCCN1. The Balaban J connectivity index is 2.42. The van der Waals surface area contributed by atoms with Crippen LogP contribution in [-0.2, 0) is 9.59 Å². The van der Waals surface area contributed by atoms with Crippen LogP contribution in [0.5, 0.6) is 0 Å². The highest BCUT2D eigenvalue weighted by Crippen LogP contribution is 2.17. The van der Waals surface area contributed by atoms with Crippen molar-refractivity contribution in [2.45, 2.75) is 25.3 Å². The molecule has 1 atom stereocenters. The molecular formula is C8H14N2O3. The Labute approximate surface area is 76.5 Å². The van der Waals surface area contributed by atoms with Crippen LogP contribution < -0.4 is 10.6 Å². The number of hydrogen-bond acceptors (Lipinski definition) is 3. The molecule has 0 aromatic heterocycles. The first kappa shape index (κ1) is 9.98. The second kappa shape index (κ2) is 3.74. The molecule has 1 unspecified atom stereocenters. The van der Waals surface area contributed by atoms with Crippen LogP contribution in [0.15, 0.2) is 0 Å². The van der Waals surface area contributed by atoms with E-state index in [1.165, 1.54) is 0 Å². The highest BCUT2D eigenvalue weighted by molar-refractivity contribution is 5.88. The third-order valence-electron chi connectivity index (χ3n) is 2.27. The fraction of sp³-hybridized carbons (Fsp3) is 0.750. The molecule has 13 heavy (non-hydrogen) atoms. The van der Waals surface area contributed by atoms with Crippen molar-refractivity contribution in [1.29, 1.82) is 0 Å². The number of carboxylic acids is 1. The molecule has 0 radical (unpaired) electrons. The van der Waals surface area contributed by atoms with Crippen LogP contribution in [0, 0.1) is 0 Å². The third-order valence-corrected chi connectivity index (χ3v) is 2.27. The van der Waals surface area contributed by atoms with Crippen molar-refractivity contribution < 1.29 is 14.7 Å². The number of carboxylic acid groups (broad SMARTS) is 1. The maximum Gasteiger partial charge on any atom is 0.322 e. The molecule has 74 valence electrons. The molecule has 1 saturated heterocycles. The molecule has 5 heteroatoms. The van der Waals surface area contributed by atoms with Gasteiger partial charge in [-0.3, -0.25) is 9.59 Å². The fourth-order valence-corrected chi connectivity index (χ4v) is 1.44. The van der Waals surface area contributed by atoms with Gasteiger partial charge in [-0.2, -0.15) is 0 Å². The van der Waals surface area contributed by atoms with Gasteiger partial charge in [0.2, 0.25) is 5.91 Å². The van der Waals surface area contributed by atoms with E-state index in [0.717, 1.165) is 19.4 Å². The van der Waals surface area contributed by atoms with Crippen molar-refractivity contribution in [3.05, 3.63) is 0 Å². The molecule has 1 heterocycles. The summed E-state index contributed by atoms with van der Waals surface area (Å²) < 4.78 is 0. The summed E-state index contributed by atoms with van der Waals surface area (Å²) >= 11 is 0. The maximum atomic E-state index is 11.4. The predicted octanol–water partition coefficient (Wildman–Crippen LogP) is -0.671. The Morgan fingerprint density at radius 1 is 1.62 bits per heavy atom. The predicted molar refractivity (Wildman–Crippen MR) is 46.3 cm³/mol. The number of carbonyl (C=O) groups is 2. The molecule has 1 fully saturated rings. The van der Waals surface area contributed by atoms with Crippen molar-refractivity contribution in [1.82, 2.24) is 10.6 Å². The molecule has 1 aliphatic rings. The van der Waals surface area contributed by atoms with Gasteiger partial charge >= 0.3 is 5.97 Å². The van der Waals surface area contributed by atoms with Crippen LogP contribution in [0.1, 0.15) is 19.8 Å². The molecular weight excluding hydrogens is 172 g/mol. The molecule has 1 amide bonds. The highest BCUT2D eigenvalue weighted by atomic mass is 16.4. The van der Waals surface area contributed by atoms with E-state index >= 15 is 0 Å². The van der Waals surface area contributed by atoms with E-state index in [-0.39, 0.29) is 12.5 Å². The molecule has 0 aromatic rings. The molecule has 1 aliphatic heterocycles. The van der Waals surface area contributed by atoms with E-state index < -0.39 is 11.5 Å². The number of amides is 1. The van der Waals surface area contributed by atoms with Crippen molar-refractivity contribution in [2.24, 2.45) is 0 Å². The van der Waals surface area contributed by atoms with Gasteiger partial charge in [-0.15, -0.1) is 0 Å². The second-order valence-corrected chi connectivity index (χ2v) is 3.44. The van der Waals surface area contributed by atoms with Gasteiger partial charge in [-0.1, -0.05) is 0 Å². The maximum absolute atomic E-state index is 11.4. The van der Waals surface area contributed by atoms with Gasteiger partial charge in [-0.25, -0.2) is 0 Å². The van der Waals surface area contributed by atoms with Gasteiger partial charge in [0.05, 0.1) is 5.54 Å². The summed E-state index contributed by atoms with van der Waals surface area (Å²) in [5.41, 5.74) is -0.574. The van der Waals surface area contributed by atoms with Crippen molar-refractivity contribution in [2.75, 3.05) is 13.1 Å². The van der Waals surface area contributed by atoms with Gasteiger partial charge in [0, 0.05) is 0 Å². The third kappa shape index (κ3) is 2.42. The minimum atomic E-state index is -1.02. The van der Waals surface area contributed by atoms with Crippen molar-refractivity contribution in [3.63, 3.8) is 0 Å². The van der Waals surface area contributed by atoms with E-state index in [9.17, 15) is 9.59 Å². The van der Waals surface area contributed by atoms with E-state index in [1.807, 2.05) is 0 Å². The zero-order valence-corrected chi connectivity index (χ0v) is 7.59.